The van der Waals surface area contributed by atoms with Crippen LogP contribution >= 0.6 is 0 Å². The molecule has 1 aliphatic heterocycles. The molecule has 0 spiro atoms. The molecule has 4 rings (SSSR count). The van der Waals surface area contributed by atoms with Crippen LogP contribution in [-0.4, -0.2) is 41.9 Å². The van der Waals surface area contributed by atoms with E-state index in [4.69, 9.17) is 9.15 Å². The first-order valence-electron chi connectivity index (χ1n) is 8.54. The number of sulfonamides is 1. The van der Waals surface area contributed by atoms with Crippen molar-refractivity contribution in [1.29, 1.82) is 0 Å². The van der Waals surface area contributed by atoms with Gasteiger partial charge in [0.1, 0.15) is 23.8 Å². The van der Waals surface area contributed by atoms with E-state index in [-0.39, 0.29) is 11.0 Å². The molecule has 0 radical (unpaired) electrons. The van der Waals surface area contributed by atoms with E-state index in [9.17, 15) is 8.42 Å². The normalized spacial score (nSPS) is 15.5. The summed E-state index contributed by atoms with van der Waals surface area (Å²) < 4.78 is 37.9. The fourth-order valence-corrected chi connectivity index (χ4v) is 4.40. The average Bonchev–Trinajstić information content (AvgIpc) is 3.04. The van der Waals surface area contributed by atoms with Gasteiger partial charge in [0.25, 0.3) is 0 Å². The van der Waals surface area contributed by atoms with E-state index >= 15 is 0 Å². The van der Waals surface area contributed by atoms with E-state index in [1.165, 1.54) is 4.31 Å². The molecule has 0 atom stereocenters. The molecule has 2 aromatic heterocycles. The van der Waals surface area contributed by atoms with Crippen LogP contribution in [0.25, 0.3) is 11.3 Å². The van der Waals surface area contributed by atoms with Crippen molar-refractivity contribution in [3.63, 3.8) is 0 Å². The van der Waals surface area contributed by atoms with Gasteiger partial charge >= 0.3 is 0 Å². The number of aromatic nitrogens is 2. The van der Waals surface area contributed by atoms with Gasteiger partial charge in [0.05, 0.1) is 18.0 Å². The largest absolute Gasteiger partial charge is 0.488 e. The fraction of sp³-hybridized carbons (Fsp3) is 0.263. The Hall–Kier alpha value is -2.71. The number of pyridine rings is 1. The van der Waals surface area contributed by atoms with Gasteiger partial charge in [0, 0.05) is 30.4 Å². The van der Waals surface area contributed by atoms with Gasteiger partial charge < -0.3 is 9.15 Å². The van der Waals surface area contributed by atoms with Crippen LogP contribution < -0.4 is 4.74 Å². The molecule has 1 aliphatic rings. The second-order valence-corrected chi connectivity index (χ2v) is 8.41. The van der Waals surface area contributed by atoms with E-state index in [1.807, 2.05) is 13.0 Å². The molecule has 1 fully saturated rings. The van der Waals surface area contributed by atoms with Crippen LogP contribution in [0.1, 0.15) is 11.6 Å². The van der Waals surface area contributed by atoms with E-state index in [0.717, 1.165) is 11.3 Å². The Morgan fingerprint density at radius 3 is 2.52 bits per heavy atom. The minimum atomic E-state index is -3.53. The third kappa shape index (κ3) is 3.58. The van der Waals surface area contributed by atoms with Gasteiger partial charge in [0.2, 0.25) is 10.0 Å². The molecule has 1 saturated heterocycles. The highest BCUT2D eigenvalue weighted by Gasteiger charge is 2.38. The summed E-state index contributed by atoms with van der Waals surface area (Å²) in [6.07, 6.45) is 3.08. The molecule has 0 unspecified atom stereocenters. The van der Waals surface area contributed by atoms with Gasteiger partial charge in [0.15, 0.2) is 5.89 Å². The standard InChI is InChI=1S/C19H19N3O4S/c1-13-9-16(7-8-20-13)26-17-10-22(11-17)27(23,24)18-5-3-15(4-6-18)19-12-25-14(2)21-19/h3-9,12,17H,10-11H2,1-2H3. The van der Waals surface area contributed by atoms with Crippen molar-refractivity contribution in [2.45, 2.75) is 24.8 Å². The lowest BCUT2D eigenvalue weighted by Gasteiger charge is -2.37. The fourth-order valence-electron chi connectivity index (χ4n) is 2.90. The number of rotatable bonds is 5. The minimum Gasteiger partial charge on any atom is -0.488 e. The van der Waals surface area contributed by atoms with Crippen molar-refractivity contribution in [1.82, 2.24) is 14.3 Å². The molecule has 0 saturated carbocycles. The molecule has 140 valence electrons. The Balaban J connectivity index is 1.42. The van der Waals surface area contributed by atoms with Crippen LogP contribution in [0.5, 0.6) is 5.75 Å². The molecular weight excluding hydrogens is 366 g/mol. The zero-order chi connectivity index (χ0) is 19.0. The number of hydrogen-bond donors (Lipinski definition) is 0. The van der Waals surface area contributed by atoms with Crippen molar-refractivity contribution in [2.24, 2.45) is 0 Å². The predicted molar refractivity (Wildman–Crippen MR) is 98.8 cm³/mol. The second kappa shape index (κ2) is 6.79. The van der Waals surface area contributed by atoms with Crippen LogP contribution in [0.3, 0.4) is 0 Å². The zero-order valence-corrected chi connectivity index (χ0v) is 15.8. The van der Waals surface area contributed by atoms with Gasteiger partial charge in [-0.15, -0.1) is 0 Å². The molecule has 7 nitrogen and oxygen atoms in total. The van der Waals surface area contributed by atoms with E-state index in [0.29, 0.717) is 30.4 Å². The first-order valence-corrected chi connectivity index (χ1v) is 9.98. The minimum absolute atomic E-state index is 0.154. The highest BCUT2D eigenvalue weighted by atomic mass is 32.2. The van der Waals surface area contributed by atoms with Crippen LogP contribution in [0.15, 0.2) is 58.2 Å². The summed E-state index contributed by atoms with van der Waals surface area (Å²) in [7, 11) is -3.53. The Labute approximate surface area is 157 Å². The number of ether oxygens (including phenoxy) is 1. The molecule has 0 amide bonds. The molecular formula is C19H19N3O4S. The van der Waals surface area contributed by atoms with E-state index in [2.05, 4.69) is 9.97 Å². The third-order valence-electron chi connectivity index (χ3n) is 4.39. The van der Waals surface area contributed by atoms with Crippen molar-refractivity contribution in [2.75, 3.05) is 13.1 Å². The van der Waals surface area contributed by atoms with Gasteiger partial charge in [-0.05, 0) is 25.1 Å². The number of benzene rings is 1. The molecule has 0 aliphatic carbocycles. The van der Waals surface area contributed by atoms with Gasteiger partial charge in [-0.3, -0.25) is 4.98 Å². The molecule has 1 aromatic carbocycles. The lowest BCUT2D eigenvalue weighted by atomic mass is 10.2. The summed E-state index contributed by atoms with van der Waals surface area (Å²) in [5.74, 6) is 1.27. The SMILES string of the molecule is Cc1cc(OC2CN(S(=O)(=O)c3ccc(-c4coc(C)n4)cc3)C2)ccn1. The molecule has 3 aromatic rings. The zero-order valence-electron chi connectivity index (χ0n) is 15.0. The number of nitrogens with zero attached hydrogens (tertiary/aromatic N) is 3. The smallest absolute Gasteiger partial charge is 0.243 e. The van der Waals surface area contributed by atoms with Crippen LogP contribution in [0, 0.1) is 13.8 Å². The Morgan fingerprint density at radius 2 is 1.89 bits per heavy atom. The lowest BCUT2D eigenvalue weighted by molar-refractivity contribution is 0.0761. The second-order valence-electron chi connectivity index (χ2n) is 6.47. The maximum atomic E-state index is 12.7. The number of oxazole rings is 1. The summed E-state index contributed by atoms with van der Waals surface area (Å²) in [6, 6.07) is 10.3. The topological polar surface area (TPSA) is 85.5 Å². The van der Waals surface area contributed by atoms with Crippen LogP contribution in [0.4, 0.5) is 0 Å². The molecule has 8 heteroatoms. The van der Waals surface area contributed by atoms with Crippen molar-refractivity contribution >= 4 is 10.0 Å². The van der Waals surface area contributed by atoms with E-state index in [1.54, 1.807) is 49.7 Å². The quantitative estimate of drug-likeness (QED) is 0.671. The third-order valence-corrected chi connectivity index (χ3v) is 6.24. The first kappa shape index (κ1) is 17.7. The number of aryl methyl sites for hydroxylation is 2. The van der Waals surface area contributed by atoms with Crippen molar-refractivity contribution in [3.05, 3.63) is 60.4 Å². The van der Waals surface area contributed by atoms with Gasteiger partial charge in [-0.1, -0.05) is 12.1 Å². The molecule has 27 heavy (non-hydrogen) atoms. The highest BCUT2D eigenvalue weighted by molar-refractivity contribution is 7.89. The monoisotopic (exact) mass is 385 g/mol. The van der Waals surface area contributed by atoms with Crippen LogP contribution in [0.2, 0.25) is 0 Å². The summed E-state index contributed by atoms with van der Waals surface area (Å²) in [4.78, 5) is 8.62. The van der Waals surface area contributed by atoms with Crippen molar-refractivity contribution < 1.29 is 17.6 Å². The number of hydrogen-bond acceptors (Lipinski definition) is 6. The molecule has 0 bridgehead atoms. The summed E-state index contributed by atoms with van der Waals surface area (Å²) in [6.45, 7) is 4.30. The van der Waals surface area contributed by atoms with E-state index < -0.39 is 10.0 Å². The van der Waals surface area contributed by atoms with Crippen molar-refractivity contribution in [3.8, 4) is 17.0 Å². The Kier molecular flexibility index (Phi) is 4.45. The molecule has 3 heterocycles. The summed E-state index contributed by atoms with van der Waals surface area (Å²) in [5, 5.41) is 0. The lowest BCUT2D eigenvalue weighted by Crippen LogP contribution is -2.55. The summed E-state index contributed by atoms with van der Waals surface area (Å²) >= 11 is 0. The summed E-state index contributed by atoms with van der Waals surface area (Å²) in [5.41, 5.74) is 2.35. The van der Waals surface area contributed by atoms with Gasteiger partial charge in [-0.25, -0.2) is 13.4 Å². The first-order chi connectivity index (χ1) is 12.9. The average molecular weight is 385 g/mol. The predicted octanol–water partition coefficient (Wildman–Crippen LogP) is 2.81. The van der Waals surface area contributed by atoms with Crippen LogP contribution in [-0.2, 0) is 10.0 Å². The Bertz CT molecular complexity index is 1050. The molecule has 0 N–H and O–H groups in total. The maximum absolute atomic E-state index is 12.7. The Morgan fingerprint density at radius 1 is 1.15 bits per heavy atom. The maximum Gasteiger partial charge on any atom is 0.243 e. The van der Waals surface area contributed by atoms with Gasteiger partial charge in [-0.2, -0.15) is 4.31 Å². The highest BCUT2D eigenvalue weighted by Crippen LogP contribution is 2.27.